The molecule has 1 N–H and O–H groups in total. The van der Waals surface area contributed by atoms with E-state index >= 15 is 0 Å². The van der Waals surface area contributed by atoms with Crippen LogP contribution in [0, 0.1) is 0 Å². The van der Waals surface area contributed by atoms with E-state index in [1.165, 1.54) is 10.5 Å². The first-order chi connectivity index (χ1) is 13.3. The van der Waals surface area contributed by atoms with Crippen LogP contribution in [0.15, 0.2) is 76.9 Å². The summed E-state index contributed by atoms with van der Waals surface area (Å²) in [6.07, 6.45) is 1.88. The Bertz CT molecular complexity index is 998. The number of benzene rings is 2. The van der Waals surface area contributed by atoms with E-state index in [1.807, 2.05) is 54.4 Å². The summed E-state index contributed by atoms with van der Waals surface area (Å²) in [5, 5.41) is 0.925. The molecule has 0 atom stereocenters. The normalized spacial score (nSPS) is 11.0. The van der Waals surface area contributed by atoms with Crippen molar-refractivity contribution in [3.05, 3.63) is 78.1 Å². The van der Waals surface area contributed by atoms with Crippen molar-refractivity contribution in [3.63, 3.8) is 0 Å². The molecule has 2 aromatic carbocycles. The molecule has 0 fully saturated rings. The minimum atomic E-state index is 0.788. The minimum Gasteiger partial charge on any atom is -0.497 e. The fourth-order valence-corrected chi connectivity index (χ4v) is 4.34. The van der Waals surface area contributed by atoms with Crippen LogP contribution in [-0.2, 0) is 11.5 Å². The van der Waals surface area contributed by atoms with E-state index in [0.717, 1.165) is 39.1 Å². The van der Waals surface area contributed by atoms with Crippen molar-refractivity contribution in [2.75, 3.05) is 7.11 Å². The van der Waals surface area contributed by atoms with Gasteiger partial charge in [0.2, 0.25) is 0 Å². The third-order valence-electron chi connectivity index (χ3n) is 4.08. The van der Waals surface area contributed by atoms with Crippen LogP contribution in [0.1, 0.15) is 11.3 Å². The number of hydrogen-bond donors (Lipinski definition) is 1. The van der Waals surface area contributed by atoms with Crippen LogP contribution in [0.25, 0.3) is 11.0 Å². The van der Waals surface area contributed by atoms with E-state index in [1.54, 1.807) is 18.9 Å². The Balaban J connectivity index is 1.36. The molecular formula is C21H19N3OS2. The van der Waals surface area contributed by atoms with Gasteiger partial charge in [-0.1, -0.05) is 36.0 Å². The van der Waals surface area contributed by atoms with Gasteiger partial charge < -0.3 is 9.72 Å². The molecular weight excluding hydrogens is 374 g/mol. The summed E-state index contributed by atoms with van der Waals surface area (Å²) < 4.78 is 5.21. The molecule has 0 aliphatic carbocycles. The highest BCUT2D eigenvalue weighted by molar-refractivity contribution is 7.98. The van der Waals surface area contributed by atoms with Crippen molar-refractivity contribution >= 4 is 34.6 Å². The number of nitrogens with zero attached hydrogens (tertiary/aromatic N) is 2. The van der Waals surface area contributed by atoms with Gasteiger partial charge in [-0.05, 0) is 42.0 Å². The Morgan fingerprint density at radius 2 is 1.81 bits per heavy atom. The van der Waals surface area contributed by atoms with Crippen LogP contribution in [0.5, 0.6) is 5.75 Å². The second-order valence-electron chi connectivity index (χ2n) is 5.97. The number of H-pyrrole nitrogens is 1. The Labute approximate surface area is 166 Å². The van der Waals surface area contributed by atoms with Crippen molar-refractivity contribution < 1.29 is 4.74 Å². The number of para-hydroxylation sites is 2. The molecule has 0 unspecified atom stereocenters. The standard InChI is InChI=1S/C21H19N3OS2/c1-25-17-8-6-15(7-9-17)13-26-18-10-11-22-16(12-18)14-27-21-23-19-4-2-3-5-20(19)24-21/h2-12H,13-14H2,1H3,(H,23,24). The third-order valence-corrected chi connectivity index (χ3v) is 6.05. The largest absolute Gasteiger partial charge is 0.497 e. The zero-order chi connectivity index (χ0) is 18.5. The second-order valence-corrected chi connectivity index (χ2v) is 7.98. The fourth-order valence-electron chi connectivity index (χ4n) is 2.65. The molecule has 2 heterocycles. The molecule has 27 heavy (non-hydrogen) atoms. The summed E-state index contributed by atoms with van der Waals surface area (Å²) in [5.74, 6) is 2.60. The van der Waals surface area contributed by atoms with Crippen molar-refractivity contribution in [2.45, 2.75) is 21.6 Å². The van der Waals surface area contributed by atoms with Gasteiger partial charge in [-0.3, -0.25) is 4.98 Å². The van der Waals surface area contributed by atoms with Gasteiger partial charge in [0, 0.05) is 22.6 Å². The number of aromatic nitrogens is 3. The highest BCUT2D eigenvalue weighted by Crippen LogP contribution is 2.27. The highest BCUT2D eigenvalue weighted by Gasteiger charge is 2.05. The number of aromatic amines is 1. The monoisotopic (exact) mass is 393 g/mol. The Morgan fingerprint density at radius 1 is 0.963 bits per heavy atom. The summed E-state index contributed by atoms with van der Waals surface area (Å²) in [6, 6.07) is 20.5. The Morgan fingerprint density at radius 3 is 2.63 bits per heavy atom. The van der Waals surface area contributed by atoms with E-state index in [0.29, 0.717) is 0 Å². The molecule has 0 radical (unpaired) electrons. The van der Waals surface area contributed by atoms with E-state index in [-0.39, 0.29) is 0 Å². The SMILES string of the molecule is COc1ccc(CSc2ccnc(CSc3nc4ccccc4[nH]3)c2)cc1. The zero-order valence-corrected chi connectivity index (χ0v) is 16.5. The van der Waals surface area contributed by atoms with E-state index in [2.05, 4.69) is 39.2 Å². The van der Waals surface area contributed by atoms with Gasteiger partial charge in [-0.2, -0.15) is 0 Å². The maximum Gasteiger partial charge on any atom is 0.166 e. The molecule has 0 aliphatic heterocycles. The molecule has 0 bridgehead atoms. The summed E-state index contributed by atoms with van der Waals surface area (Å²) in [6.45, 7) is 0. The maximum atomic E-state index is 5.21. The molecule has 136 valence electrons. The summed E-state index contributed by atoms with van der Waals surface area (Å²) in [7, 11) is 1.69. The lowest BCUT2D eigenvalue weighted by Gasteiger charge is -2.05. The van der Waals surface area contributed by atoms with Gasteiger partial charge in [0.1, 0.15) is 5.75 Å². The number of fused-ring (bicyclic) bond motifs is 1. The number of rotatable bonds is 7. The third kappa shape index (κ3) is 4.64. The summed E-state index contributed by atoms with van der Waals surface area (Å²) in [4.78, 5) is 13.7. The minimum absolute atomic E-state index is 0.788. The van der Waals surface area contributed by atoms with Crippen LogP contribution in [0.4, 0.5) is 0 Å². The average molecular weight is 394 g/mol. The van der Waals surface area contributed by atoms with Gasteiger partial charge in [-0.15, -0.1) is 11.8 Å². The highest BCUT2D eigenvalue weighted by atomic mass is 32.2. The molecule has 0 saturated heterocycles. The van der Waals surface area contributed by atoms with Crippen LogP contribution in [0.2, 0.25) is 0 Å². The van der Waals surface area contributed by atoms with Crippen LogP contribution in [-0.4, -0.2) is 22.1 Å². The lowest BCUT2D eigenvalue weighted by molar-refractivity contribution is 0.414. The molecule has 0 spiro atoms. The van der Waals surface area contributed by atoms with Crippen molar-refractivity contribution in [2.24, 2.45) is 0 Å². The Kier molecular flexibility index (Phi) is 5.65. The molecule has 0 amide bonds. The van der Waals surface area contributed by atoms with Crippen LogP contribution < -0.4 is 4.74 Å². The number of hydrogen-bond acceptors (Lipinski definition) is 5. The van der Waals surface area contributed by atoms with Gasteiger partial charge in [0.25, 0.3) is 0 Å². The van der Waals surface area contributed by atoms with Crippen molar-refractivity contribution in [1.82, 2.24) is 15.0 Å². The lowest BCUT2D eigenvalue weighted by atomic mass is 10.2. The quantitative estimate of drug-likeness (QED) is 0.417. The molecule has 4 aromatic rings. The number of imidazole rings is 1. The van der Waals surface area contributed by atoms with E-state index in [9.17, 15) is 0 Å². The second kappa shape index (κ2) is 8.50. The van der Waals surface area contributed by atoms with Gasteiger partial charge in [0.15, 0.2) is 5.16 Å². The molecule has 0 aliphatic rings. The Hall–Kier alpha value is -2.44. The number of nitrogens with one attached hydrogen (secondary N) is 1. The molecule has 4 nitrogen and oxygen atoms in total. The molecule has 6 heteroatoms. The number of methoxy groups -OCH3 is 1. The molecule has 2 aromatic heterocycles. The maximum absolute atomic E-state index is 5.21. The predicted molar refractivity (Wildman–Crippen MR) is 112 cm³/mol. The van der Waals surface area contributed by atoms with Crippen LogP contribution in [0.3, 0.4) is 0 Å². The lowest BCUT2D eigenvalue weighted by Crippen LogP contribution is -1.88. The topological polar surface area (TPSA) is 50.8 Å². The first kappa shape index (κ1) is 17.9. The average Bonchev–Trinajstić information content (AvgIpc) is 3.14. The smallest absolute Gasteiger partial charge is 0.166 e. The molecule has 0 saturated carbocycles. The number of thioether (sulfide) groups is 2. The van der Waals surface area contributed by atoms with Gasteiger partial charge in [0.05, 0.1) is 23.8 Å². The van der Waals surface area contributed by atoms with Crippen LogP contribution >= 0.6 is 23.5 Å². The van der Waals surface area contributed by atoms with Gasteiger partial charge in [-0.25, -0.2) is 4.98 Å². The van der Waals surface area contributed by atoms with Crippen molar-refractivity contribution in [1.29, 1.82) is 0 Å². The van der Waals surface area contributed by atoms with Crippen molar-refractivity contribution in [3.8, 4) is 5.75 Å². The zero-order valence-electron chi connectivity index (χ0n) is 14.9. The first-order valence-electron chi connectivity index (χ1n) is 8.58. The predicted octanol–water partition coefficient (Wildman–Crippen LogP) is 5.55. The number of pyridine rings is 1. The molecule has 4 rings (SSSR count). The number of ether oxygens (including phenoxy) is 1. The fraction of sp³-hybridized carbons (Fsp3) is 0.143. The van der Waals surface area contributed by atoms with Gasteiger partial charge >= 0.3 is 0 Å². The summed E-state index contributed by atoms with van der Waals surface area (Å²) in [5.41, 5.74) is 4.39. The van der Waals surface area contributed by atoms with E-state index < -0.39 is 0 Å². The summed E-state index contributed by atoms with van der Waals surface area (Å²) >= 11 is 3.49. The van der Waals surface area contributed by atoms with E-state index in [4.69, 9.17) is 4.74 Å². The first-order valence-corrected chi connectivity index (χ1v) is 10.6.